The first kappa shape index (κ1) is 21.8. The van der Waals surface area contributed by atoms with E-state index in [2.05, 4.69) is 15.9 Å². The highest BCUT2D eigenvalue weighted by Gasteiger charge is 2.45. The Morgan fingerprint density at radius 2 is 1.94 bits per heavy atom. The van der Waals surface area contributed by atoms with E-state index < -0.39 is 23.5 Å². The Hall–Kier alpha value is -3.98. The van der Waals surface area contributed by atoms with Crippen LogP contribution in [-0.4, -0.2) is 33.9 Å². The van der Waals surface area contributed by atoms with Crippen molar-refractivity contribution in [1.82, 2.24) is 4.90 Å². The van der Waals surface area contributed by atoms with Crippen molar-refractivity contribution in [3.63, 3.8) is 0 Å². The minimum Gasteiger partial charge on any atom is -0.503 e. The Morgan fingerprint density at radius 1 is 1.15 bits per heavy atom. The lowest BCUT2D eigenvalue weighted by Crippen LogP contribution is -2.30. The third-order valence-corrected chi connectivity index (χ3v) is 6.29. The minimum atomic E-state index is -0.996. The fraction of sp³-hybridized carbons (Fsp3) is 0.120. The zero-order chi connectivity index (χ0) is 24.0. The SMILES string of the molecule is COc1cc([C@@H]2C(C(=O)c3cc4ccccc4o3)=C(O)C(=O)N2Cc2ccco2)cc(Br)c1O. The zero-order valence-corrected chi connectivity index (χ0v) is 19.4. The highest BCUT2D eigenvalue weighted by Crippen LogP contribution is 2.45. The number of fused-ring (bicyclic) bond motifs is 1. The van der Waals surface area contributed by atoms with Gasteiger partial charge >= 0.3 is 0 Å². The van der Waals surface area contributed by atoms with Crippen molar-refractivity contribution >= 4 is 38.6 Å². The molecule has 1 atom stereocenters. The van der Waals surface area contributed by atoms with E-state index in [1.807, 2.05) is 6.07 Å². The second-order valence-corrected chi connectivity index (χ2v) is 8.56. The van der Waals surface area contributed by atoms with Crippen LogP contribution in [0, 0.1) is 0 Å². The minimum absolute atomic E-state index is 0.00171. The summed E-state index contributed by atoms with van der Waals surface area (Å²) in [5.41, 5.74) is 0.800. The van der Waals surface area contributed by atoms with Crippen LogP contribution in [-0.2, 0) is 11.3 Å². The van der Waals surface area contributed by atoms with Crippen molar-refractivity contribution in [2.45, 2.75) is 12.6 Å². The predicted molar refractivity (Wildman–Crippen MR) is 125 cm³/mol. The second-order valence-electron chi connectivity index (χ2n) is 7.71. The number of benzene rings is 2. The molecule has 0 radical (unpaired) electrons. The number of halogens is 1. The molecular formula is C25H18BrNO7. The fourth-order valence-electron chi connectivity index (χ4n) is 4.10. The summed E-state index contributed by atoms with van der Waals surface area (Å²) in [5, 5.41) is 21.8. The molecule has 2 aromatic carbocycles. The third-order valence-electron chi connectivity index (χ3n) is 5.69. The maximum atomic E-state index is 13.6. The largest absolute Gasteiger partial charge is 0.503 e. The van der Waals surface area contributed by atoms with Gasteiger partial charge in [0, 0.05) is 5.39 Å². The maximum Gasteiger partial charge on any atom is 0.290 e. The first-order chi connectivity index (χ1) is 16.4. The summed E-state index contributed by atoms with van der Waals surface area (Å²) >= 11 is 3.29. The second kappa shape index (κ2) is 8.42. The van der Waals surface area contributed by atoms with E-state index in [1.165, 1.54) is 24.3 Å². The number of methoxy groups -OCH3 is 1. The quantitative estimate of drug-likeness (QED) is 0.330. The summed E-state index contributed by atoms with van der Waals surface area (Å²) in [4.78, 5) is 28.1. The van der Waals surface area contributed by atoms with Crippen molar-refractivity contribution in [3.05, 3.63) is 93.7 Å². The molecule has 172 valence electrons. The molecule has 2 N–H and O–H groups in total. The number of aliphatic hydroxyl groups excluding tert-OH is 1. The van der Waals surface area contributed by atoms with Gasteiger partial charge in [0.15, 0.2) is 23.0 Å². The number of ketones is 1. The number of rotatable bonds is 6. The molecule has 8 nitrogen and oxygen atoms in total. The number of hydrogen-bond acceptors (Lipinski definition) is 7. The summed E-state index contributed by atoms with van der Waals surface area (Å²) in [6.07, 6.45) is 1.47. The number of aromatic hydroxyl groups is 1. The number of furan rings is 2. The number of amides is 1. The highest BCUT2D eigenvalue weighted by molar-refractivity contribution is 9.10. The van der Waals surface area contributed by atoms with Gasteiger partial charge in [0.25, 0.3) is 5.91 Å². The molecule has 9 heteroatoms. The lowest BCUT2D eigenvalue weighted by Gasteiger charge is -2.26. The Balaban J connectivity index is 1.65. The van der Waals surface area contributed by atoms with E-state index >= 15 is 0 Å². The lowest BCUT2D eigenvalue weighted by molar-refractivity contribution is -0.130. The molecular weight excluding hydrogens is 506 g/mol. The van der Waals surface area contributed by atoms with Crippen LogP contribution in [0.15, 0.2) is 85.5 Å². The van der Waals surface area contributed by atoms with Gasteiger partial charge in [-0.3, -0.25) is 9.59 Å². The molecule has 0 saturated heterocycles. The molecule has 0 aliphatic carbocycles. The van der Waals surface area contributed by atoms with Crippen LogP contribution in [0.1, 0.15) is 27.9 Å². The first-order valence-corrected chi connectivity index (χ1v) is 11.0. The fourth-order valence-corrected chi connectivity index (χ4v) is 4.56. The first-order valence-electron chi connectivity index (χ1n) is 10.2. The number of nitrogens with zero attached hydrogens (tertiary/aromatic N) is 1. The van der Waals surface area contributed by atoms with Gasteiger partial charge in [0.2, 0.25) is 5.78 Å². The average Bonchev–Trinajstić information content (AvgIpc) is 3.56. The summed E-state index contributed by atoms with van der Waals surface area (Å²) in [5.74, 6) is -1.58. The van der Waals surface area contributed by atoms with Gasteiger partial charge in [0.1, 0.15) is 11.3 Å². The van der Waals surface area contributed by atoms with Crippen LogP contribution in [0.5, 0.6) is 11.5 Å². The highest BCUT2D eigenvalue weighted by atomic mass is 79.9. The van der Waals surface area contributed by atoms with Crippen molar-refractivity contribution in [2.24, 2.45) is 0 Å². The van der Waals surface area contributed by atoms with Crippen LogP contribution in [0.4, 0.5) is 0 Å². The van der Waals surface area contributed by atoms with E-state index in [9.17, 15) is 19.8 Å². The third kappa shape index (κ3) is 3.54. The number of carbonyl (C=O) groups excluding carboxylic acids is 2. The normalized spacial score (nSPS) is 16.0. The topological polar surface area (TPSA) is 113 Å². The van der Waals surface area contributed by atoms with Crippen LogP contribution in [0.2, 0.25) is 0 Å². The van der Waals surface area contributed by atoms with Gasteiger partial charge in [-0.05, 0) is 57.9 Å². The maximum absolute atomic E-state index is 13.6. The molecule has 2 aromatic heterocycles. The van der Waals surface area contributed by atoms with E-state index in [-0.39, 0.29) is 29.4 Å². The molecule has 0 spiro atoms. The molecule has 4 aromatic rings. The molecule has 1 amide bonds. The monoisotopic (exact) mass is 523 g/mol. The van der Waals surface area contributed by atoms with Gasteiger partial charge in [-0.25, -0.2) is 0 Å². The van der Waals surface area contributed by atoms with Crippen LogP contribution >= 0.6 is 15.9 Å². The van der Waals surface area contributed by atoms with Gasteiger partial charge in [-0.15, -0.1) is 0 Å². The average molecular weight is 524 g/mol. The number of phenols is 1. The molecule has 1 aliphatic heterocycles. The summed E-state index contributed by atoms with van der Waals surface area (Å²) in [6, 6.07) is 14.1. The Bertz CT molecular complexity index is 1420. The van der Waals surface area contributed by atoms with Crippen LogP contribution in [0.25, 0.3) is 11.0 Å². The van der Waals surface area contributed by atoms with E-state index in [1.54, 1.807) is 42.5 Å². The number of hydrogen-bond donors (Lipinski definition) is 2. The molecule has 0 unspecified atom stereocenters. The van der Waals surface area contributed by atoms with Crippen molar-refractivity contribution in [2.75, 3.05) is 7.11 Å². The molecule has 0 fully saturated rings. The van der Waals surface area contributed by atoms with Gasteiger partial charge < -0.3 is 28.7 Å². The van der Waals surface area contributed by atoms with Crippen molar-refractivity contribution in [3.8, 4) is 11.5 Å². The summed E-state index contributed by atoms with van der Waals surface area (Å²) in [6.45, 7) is -0.00171. The summed E-state index contributed by atoms with van der Waals surface area (Å²) < 4.78 is 16.7. The molecule has 5 rings (SSSR count). The van der Waals surface area contributed by atoms with Gasteiger partial charge in [0.05, 0.1) is 36.0 Å². The zero-order valence-electron chi connectivity index (χ0n) is 17.8. The van der Waals surface area contributed by atoms with Crippen molar-refractivity contribution in [1.29, 1.82) is 0 Å². The van der Waals surface area contributed by atoms with E-state index in [0.29, 0.717) is 26.8 Å². The molecule has 0 bridgehead atoms. The van der Waals surface area contributed by atoms with Gasteiger partial charge in [-0.2, -0.15) is 0 Å². The molecule has 34 heavy (non-hydrogen) atoms. The predicted octanol–water partition coefficient (Wildman–Crippen LogP) is 5.28. The molecule has 0 saturated carbocycles. The summed E-state index contributed by atoms with van der Waals surface area (Å²) in [7, 11) is 1.39. The number of carbonyl (C=O) groups is 2. The number of ether oxygens (including phenoxy) is 1. The van der Waals surface area contributed by atoms with E-state index in [0.717, 1.165) is 0 Å². The number of para-hydroxylation sites is 1. The standard InChI is InChI=1S/C25H18BrNO7/c1-32-18-11-14(9-16(26)22(18)28)21-20(23(29)19-10-13-5-2-3-7-17(13)34-19)24(30)25(31)27(21)12-15-6-4-8-33-15/h2-11,21,28,30H,12H2,1H3/t21-/m1/s1. The Kier molecular flexibility index (Phi) is 5.41. The number of aliphatic hydroxyl groups is 1. The van der Waals surface area contributed by atoms with Crippen molar-refractivity contribution < 1.29 is 33.4 Å². The smallest absolute Gasteiger partial charge is 0.290 e. The van der Waals surface area contributed by atoms with E-state index in [4.69, 9.17) is 13.6 Å². The number of Topliss-reactive ketones (excluding diaryl/α,β-unsaturated/α-hetero) is 1. The Labute approximate surface area is 201 Å². The lowest BCUT2D eigenvalue weighted by atomic mass is 9.94. The van der Waals surface area contributed by atoms with Gasteiger partial charge in [-0.1, -0.05) is 18.2 Å². The Morgan fingerprint density at radius 3 is 2.65 bits per heavy atom. The van der Waals surface area contributed by atoms with Crippen LogP contribution in [0.3, 0.4) is 0 Å². The van der Waals surface area contributed by atoms with Crippen LogP contribution < -0.4 is 4.74 Å². The molecule has 1 aliphatic rings. The molecule has 3 heterocycles. The number of phenolic OH excluding ortho intramolecular Hbond substituents is 1.